The van der Waals surface area contributed by atoms with Gasteiger partial charge in [0.05, 0.1) is 5.69 Å². The van der Waals surface area contributed by atoms with Crippen LogP contribution in [0.5, 0.6) is 0 Å². The van der Waals surface area contributed by atoms with E-state index in [1.165, 1.54) is 11.1 Å². The van der Waals surface area contributed by atoms with Crippen LogP contribution in [-0.4, -0.2) is 19.6 Å². The first-order valence-corrected chi connectivity index (χ1v) is 10.5. The Morgan fingerprint density at radius 2 is 1.90 bits per heavy atom. The fraction of sp³-hybridized carbons (Fsp3) is 0.269. The first-order chi connectivity index (χ1) is 14.5. The lowest BCUT2D eigenvalue weighted by atomic mass is 10.0. The van der Waals surface area contributed by atoms with Gasteiger partial charge in [0.2, 0.25) is 0 Å². The van der Waals surface area contributed by atoms with Crippen molar-refractivity contribution in [2.24, 2.45) is 0 Å². The predicted octanol–water partition coefficient (Wildman–Crippen LogP) is 6.26. The maximum absolute atomic E-state index is 4.95. The van der Waals surface area contributed by atoms with E-state index in [0.717, 1.165) is 53.3 Å². The van der Waals surface area contributed by atoms with Crippen LogP contribution in [0.15, 0.2) is 72.5 Å². The summed E-state index contributed by atoms with van der Waals surface area (Å²) >= 11 is 0. The van der Waals surface area contributed by atoms with E-state index in [1.54, 1.807) is 0 Å². The highest BCUT2D eigenvalue weighted by Gasteiger charge is 2.09. The van der Waals surface area contributed by atoms with Crippen molar-refractivity contribution in [2.45, 2.75) is 47.0 Å². The molecule has 3 aromatic heterocycles. The van der Waals surface area contributed by atoms with Gasteiger partial charge in [0.1, 0.15) is 0 Å². The van der Waals surface area contributed by atoms with Crippen molar-refractivity contribution in [1.29, 1.82) is 0 Å². The third-order valence-electron chi connectivity index (χ3n) is 5.33. The van der Waals surface area contributed by atoms with Crippen LogP contribution in [0.3, 0.4) is 0 Å². The van der Waals surface area contributed by atoms with Crippen molar-refractivity contribution in [1.82, 2.24) is 19.6 Å². The average Bonchev–Trinajstić information content (AvgIpc) is 3.19. The van der Waals surface area contributed by atoms with Crippen LogP contribution in [0.1, 0.15) is 56.9 Å². The van der Waals surface area contributed by atoms with Gasteiger partial charge in [0.15, 0.2) is 11.5 Å². The number of allylic oxidation sites excluding steroid dienone is 6. The molecule has 0 aliphatic rings. The Morgan fingerprint density at radius 1 is 1.07 bits per heavy atom. The van der Waals surface area contributed by atoms with Crippen LogP contribution in [-0.2, 0) is 12.8 Å². The second-order valence-corrected chi connectivity index (χ2v) is 7.51. The third kappa shape index (κ3) is 5.20. The minimum Gasteiger partial charge on any atom is -0.253 e. The fourth-order valence-electron chi connectivity index (χ4n) is 3.12. The second kappa shape index (κ2) is 9.97. The molecule has 0 amide bonds. The summed E-state index contributed by atoms with van der Waals surface area (Å²) in [6.45, 7) is 12.5. The molecule has 0 bridgehead atoms. The quantitative estimate of drug-likeness (QED) is 0.421. The van der Waals surface area contributed by atoms with Crippen molar-refractivity contribution in [2.75, 3.05) is 0 Å². The molecule has 30 heavy (non-hydrogen) atoms. The molecule has 3 aromatic rings. The lowest BCUT2D eigenvalue weighted by Gasteiger charge is -2.10. The van der Waals surface area contributed by atoms with Crippen molar-refractivity contribution in [3.05, 3.63) is 95.3 Å². The van der Waals surface area contributed by atoms with Gasteiger partial charge < -0.3 is 0 Å². The lowest BCUT2D eigenvalue weighted by Crippen LogP contribution is -2.01. The van der Waals surface area contributed by atoms with Gasteiger partial charge in [-0.15, -0.1) is 0 Å². The highest BCUT2D eigenvalue weighted by Crippen LogP contribution is 2.23. The Morgan fingerprint density at radius 3 is 2.63 bits per heavy atom. The molecule has 0 unspecified atom stereocenters. The van der Waals surface area contributed by atoms with Gasteiger partial charge in [-0.05, 0) is 68.5 Å². The van der Waals surface area contributed by atoms with Gasteiger partial charge in [-0.3, -0.25) is 4.98 Å². The smallest absolute Gasteiger partial charge is 0.155 e. The molecule has 0 aliphatic heterocycles. The summed E-state index contributed by atoms with van der Waals surface area (Å²) in [5, 5.41) is 4.54. The summed E-state index contributed by atoms with van der Waals surface area (Å²) in [6, 6.07) is 10.1. The number of pyridine rings is 2. The molecule has 4 heteroatoms. The number of hydrogen-bond acceptors (Lipinski definition) is 3. The number of rotatable bonds is 8. The summed E-state index contributed by atoms with van der Waals surface area (Å²) in [5.74, 6) is 0.835. The first kappa shape index (κ1) is 21.4. The molecule has 0 saturated heterocycles. The Bertz CT molecular complexity index is 1100. The Labute approximate surface area is 179 Å². The van der Waals surface area contributed by atoms with Gasteiger partial charge in [-0.2, -0.15) is 5.10 Å². The van der Waals surface area contributed by atoms with Crippen LogP contribution in [0.25, 0.3) is 17.3 Å². The maximum atomic E-state index is 4.95. The Hall–Kier alpha value is -3.27. The van der Waals surface area contributed by atoms with Crippen molar-refractivity contribution in [3.8, 4) is 0 Å². The molecule has 0 atom stereocenters. The van der Waals surface area contributed by atoms with Gasteiger partial charge >= 0.3 is 0 Å². The van der Waals surface area contributed by atoms with Crippen LogP contribution in [0, 0.1) is 0 Å². The number of fused-ring (bicyclic) bond motifs is 1. The molecule has 3 heterocycles. The van der Waals surface area contributed by atoms with E-state index in [9.17, 15) is 0 Å². The molecular formula is C26H30N4. The van der Waals surface area contributed by atoms with E-state index in [4.69, 9.17) is 4.98 Å². The fourth-order valence-corrected chi connectivity index (χ4v) is 3.12. The largest absolute Gasteiger partial charge is 0.253 e. The van der Waals surface area contributed by atoms with Crippen molar-refractivity contribution in [3.63, 3.8) is 0 Å². The second-order valence-electron chi connectivity index (χ2n) is 7.51. The molecular weight excluding hydrogens is 368 g/mol. The molecule has 3 rings (SSSR count). The normalized spacial score (nSPS) is 13.1. The molecule has 0 aliphatic carbocycles. The summed E-state index contributed by atoms with van der Waals surface area (Å²) in [6.07, 6.45) is 12.8. The molecule has 0 N–H and O–H groups in total. The minimum absolute atomic E-state index is 0.754. The van der Waals surface area contributed by atoms with E-state index in [1.807, 2.05) is 35.0 Å². The van der Waals surface area contributed by atoms with Crippen LogP contribution >= 0.6 is 0 Å². The molecule has 0 aromatic carbocycles. The van der Waals surface area contributed by atoms with Crippen molar-refractivity contribution >= 4 is 17.3 Å². The molecule has 0 saturated carbocycles. The topological polar surface area (TPSA) is 43.1 Å². The minimum atomic E-state index is 0.754. The van der Waals surface area contributed by atoms with Gasteiger partial charge in [-0.1, -0.05) is 55.5 Å². The zero-order chi connectivity index (χ0) is 21.5. The highest BCUT2D eigenvalue weighted by atomic mass is 15.3. The summed E-state index contributed by atoms with van der Waals surface area (Å²) in [5.41, 5.74) is 7.67. The van der Waals surface area contributed by atoms with Gasteiger partial charge in [0, 0.05) is 18.3 Å². The number of nitrogens with zero attached hydrogens (tertiary/aromatic N) is 4. The third-order valence-corrected chi connectivity index (χ3v) is 5.33. The monoisotopic (exact) mass is 398 g/mol. The van der Waals surface area contributed by atoms with Crippen molar-refractivity contribution < 1.29 is 0 Å². The Balaban J connectivity index is 1.81. The zero-order valence-electron chi connectivity index (χ0n) is 18.4. The van der Waals surface area contributed by atoms with E-state index in [0.29, 0.717) is 0 Å². The van der Waals surface area contributed by atoms with Crippen LogP contribution in [0.4, 0.5) is 0 Å². The van der Waals surface area contributed by atoms with Crippen LogP contribution < -0.4 is 0 Å². The summed E-state index contributed by atoms with van der Waals surface area (Å²) < 4.78 is 1.81. The van der Waals surface area contributed by atoms with Gasteiger partial charge in [0.25, 0.3) is 0 Å². The average molecular weight is 399 g/mol. The van der Waals surface area contributed by atoms with E-state index < -0.39 is 0 Å². The number of hydrogen-bond donors (Lipinski definition) is 0. The first-order valence-electron chi connectivity index (χ1n) is 10.5. The predicted molar refractivity (Wildman–Crippen MR) is 126 cm³/mol. The highest BCUT2D eigenvalue weighted by molar-refractivity contribution is 5.73. The molecule has 154 valence electrons. The molecule has 0 fully saturated rings. The molecule has 4 nitrogen and oxygen atoms in total. The van der Waals surface area contributed by atoms with E-state index >= 15 is 0 Å². The maximum Gasteiger partial charge on any atom is 0.155 e. The van der Waals surface area contributed by atoms with Gasteiger partial charge in [-0.25, -0.2) is 9.50 Å². The van der Waals surface area contributed by atoms with E-state index in [-0.39, 0.29) is 0 Å². The summed E-state index contributed by atoms with van der Waals surface area (Å²) in [4.78, 5) is 9.54. The molecule has 0 radical (unpaired) electrons. The standard InChI is InChI=1S/C26H30N4/c1-6-19(3)11-10-12-20(4)21(5)26-22(7-2)14-15-23(27-26)16-17-24-28-25-13-8-9-18-30(25)29-24/h7-15,18H,2,6,16-17H2,1,3-5H3/b12-10-,19-11+,21-20+. The summed E-state index contributed by atoms with van der Waals surface area (Å²) in [7, 11) is 0. The molecule has 0 spiro atoms. The number of aromatic nitrogens is 4. The number of aryl methyl sites for hydroxylation is 2. The van der Waals surface area contributed by atoms with E-state index in [2.05, 4.69) is 74.7 Å². The lowest BCUT2D eigenvalue weighted by molar-refractivity contribution is 0.819. The SMILES string of the molecule is C=Cc1ccc(CCc2nc3ccccn3n2)nc1/C(C)=C(C)/C=C\C=C(/C)CC. The van der Waals surface area contributed by atoms with Crippen LogP contribution in [0.2, 0.25) is 0 Å². The Kier molecular flexibility index (Phi) is 7.12. The zero-order valence-corrected chi connectivity index (χ0v) is 18.4.